The molecule has 4 heteroatoms. The Morgan fingerprint density at radius 1 is 1.33 bits per heavy atom. The van der Waals surface area contributed by atoms with Crippen molar-refractivity contribution in [2.45, 2.75) is 36.3 Å². The van der Waals surface area contributed by atoms with E-state index in [0.29, 0.717) is 17.6 Å². The topological polar surface area (TPSA) is 20.3 Å². The summed E-state index contributed by atoms with van der Waals surface area (Å²) in [6, 6.07) is 8.47. The lowest BCUT2D eigenvalue weighted by Gasteiger charge is -2.31. The van der Waals surface area contributed by atoms with Gasteiger partial charge in [0.1, 0.15) is 0 Å². The number of likely N-dealkylation sites (tertiary alicyclic amines) is 1. The SMILES string of the molecule is CCC(=O)N1CCC(Sc2ccc(Br)cc2)CC1. The standard InChI is InChI=1S/C14H18BrNOS/c1-2-14(17)16-9-7-13(8-10-16)18-12-5-3-11(15)4-6-12/h3-6,13H,2,7-10H2,1H3. The molecule has 0 radical (unpaired) electrons. The van der Waals surface area contributed by atoms with Gasteiger partial charge in [-0.1, -0.05) is 22.9 Å². The average molecular weight is 328 g/mol. The monoisotopic (exact) mass is 327 g/mol. The lowest BCUT2D eigenvalue weighted by molar-refractivity contribution is -0.131. The minimum Gasteiger partial charge on any atom is -0.343 e. The van der Waals surface area contributed by atoms with Crippen molar-refractivity contribution in [1.29, 1.82) is 0 Å². The van der Waals surface area contributed by atoms with Gasteiger partial charge in [0, 0.05) is 34.1 Å². The molecular formula is C14H18BrNOS. The van der Waals surface area contributed by atoms with E-state index in [9.17, 15) is 4.79 Å². The van der Waals surface area contributed by atoms with E-state index in [1.54, 1.807) is 0 Å². The van der Waals surface area contributed by atoms with Crippen LogP contribution in [0.4, 0.5) is 0 Å². The molecule has 0 aromatic heterocycles. The van der Waals surface area contributed by atoms with Gasteiger partial charge in [0.2, 0.25) is 5.91 Å². The molecule has 0 spiro atoms. The molecule has 1 amide bonds. The van der Waals surface area contributed by atoms with Crippen molar-refractivity contribution in [1.82, 2.24) is 4.90 Å². The number of hydrogen-bond acceptors (Lipinski definition) is 2. The molecule has 1 aliphatic rings. The van der Waals surface area contributed by atoms with E-state index in [-0.39, 0.29) is 0 Å². The van der Waals surface area contributed by atoms with Crippen LogP contribution in [-0.2, 0) is 4.79 Å². The fraction of sp³-hybridized carbons (Fsp3) is 0.500. The quantitative estimate of drug-likeness (QED) is 0.838. The molecule has 1 aliphatic heterocycles. The second kappa shape index (κ2) is 6.62. The van der Waals surface area contributed by atoms with Crippen LogP contribution in [-0.4, -0.2) is 29.1 Å². The maximum atomic E-state index is 11.6. The Hall–Kier alpha value is -0.480. The minimum absolute atomic E-state index is 0.294. The smallest absolute Gasteiger partial charge is 0.222 e. The molecule has 1 saturated heterocycles. The maximum absolute atomic E-state index is 11.6. The van der Waals surface area contributed by atoms with Gasteiger partial charge in [0.15, 0.2) is 0 Å². The first-order chi connectivity index (χ1) is 8.69. The normalized spacial score (nSPS) is 16.9. The first kappa shape index (κ1) is 13.9. The van der Waals surface area contributed by atoms with Gasteiger partial charge in [-0.3, -0.25) is 4.79 Å². The summed E-state index contributed by atoms with van der Waals surface area (Å²) < 4.78 is 1.12. The third-order valence-electron chi connectivity index (χ3n) is 3.21. The van der Waals surface area contributed by atoms with Crippen LogP contribution in [0.2, 0.25) is 0 Å². The highest BCUT2D eigenvalue weighted by atomic mass is 79.9. The zero-order valence-electron chi connectivity index (χ0n) is 10.6. The number of amides is 1. The zero-order chi connectivity index (χ0) is 13.0. The Morgan fingerprint density at radius 3 is 2.50 bits per heavy atom. The van der Waals surface area contributed by atoms with Crippen molar-refractivity contribution >= 4 is 33.6 Å². The Bertz CT molecular complexity index is 399. The Morgan fingerprint density at radius 2 is 1.94 bits per heavy atom. The number of thioether (sulfide) groups is 1. The van der Waals surface area contributed by atoms with E-state index in [2.05, 4.69) is 40.2 Å². The van der Waals surface area contributed by atoms with Crippen LogP contribution in [0, 0.1) is 0 Å². The van der Waals surface area contributed by atoms with Crippen molar-refractivity contribution in [3.05, 3.63) is 28.7 Å². The second-order valence-corrected chi connectivity index (χ2v) is 6.79. The molecule has 0 aliphatic carbocycles. The predicted molar refractivity (Wildman–Crippen MR) is 79.9 cm³/mol. The molecular weight excluding hydrogens is 310 g/mol. The van der Waals surface area contributed by atoms with Gasteiger partial charge in [-0.25, -0.2) is 0 Å². The fourth-order valence-corrected chi connectivity index (χ4v) is 3.54. The van der Waals surface area contributed by atoms with Crippen molar-refractivity contribution in [3.63, 3.8) is 0 Å². The largest absolute Gasteiger partial charge is 0.343 e. The van der Waals surface area contributed by atoms with Gasteiger partial charge in [-0.05, 0) is 37.1 Å². The fourth-order valence-electron chi connectivity index (χ4n) is 2.15. The number of hydrogen-bond donors (Lipinski definition) is 0. The lowest BCUT2D eigenvalue weighted by Crippen LogP contribution is -2.38. The second-order valence-electron chi connectivity index (χ2n) is 4.51. The Kier molecular flexibility index (Phi) is 5.13. The van der Waals surface area contributed by atoms with Gasteiger partial charge < -0.3 is 4.90 Å². The molecule has 2 nitrogen and oxygen atoms in total. The summed E-state index contributed by atoms with van der Waals surface area (Å²) in [5.41, 5.74) is 0. The van der Waals surface area contributed by atoms with Crippen LogP contribution >= 0.6 is 27.7 Å². The molecule has 0 atom stereocenters. The average Bonchev–Trinajstić information content (AvgIpc) is 2.41. The van der Waals surface area contributed by atoms with Gasteiger partial charge in [-0.15, -0.1) is 11.8 Å². The summed E-state index contributed by atoms with van der Waals surface area (Å²) in [6.07, 6.45) is 2.84. The molecule has 0 N–H and O–H groups in total. The van der Waals surface area contributed by atoms with Crippen molar-refractivity contribution in [2.75, 3.05) is 13.1 Å². The number of benzene rings is 1. The summed E-state index contributed by atoms with van der Waals surface area (Å²) >= 11 is 5.38. The number of piperidine rings is 1. The van der Waals surface area contributed by atoms with E-state index < -0.39 is 0 Å². The lowest BCUT2D eigenvalue weighted by atomic mass is 10.1. The van der Waals surface area contributed by atoms with E-state index >= 15 is 0 Å². The van der Waals surface area contributed by atoms with Crippen molar-refractivity contribution in [3.8, 4) is 0 Å². The van der Waals surface area contributed by atoms with Gasteiger partial charge in [-0.2, -0.15) is 0 Å². The summed E-state index contributed by atoms with van der Waals surface area (Å²) in [5.74, 6) is 0.294. The third-order valence-corrected chi connectivity index (χ3v) is 5.09. The minimum atomic E-state index is 0.294. The van der Waals surface area contributed by atoms with Crippen LogP contribution in [0.15, 0.2) is 33.6 Å². The first-order valence-corrected chi connectivity index (χ1v) is 8.06. The maximum Gasteiger partial charge on any atom is 0.222 e. The number of nitrogens with zero attached hydrogens (tertiary/aromatic N) is 1. The number of carbonyl (C=O) groups is 1. The molecule has 1 fully saturated rings. The number of rotatable bonds is 3. The van der Waals surface area contributed by atoms with Crippen LogP contribution in [0.25, 0.3) is 0 Å². The number of carbonyl (C=O) groups excluding carboxylic acids is 1. The van der Waals surface area contributed by atoms with Crippen LogP contribution < -0.4 is 0 Å². The molecule has 0 unspecified atom stereocenters. The highest BCUT2D eigenvalue weighted by molar-refractivity contribution is 9.10. The van der Waals surface area contributed by atoms with E-state index in [1.807, 2.05) is 23.6 Å². The highest BCUT2D eigenvalue weighted by Crippen LogP contribution is 2.31. The molecule has 0 bridgehead atoms. The summed E-state index contributed by atoms with van der Waals surface area (Å²) in [4.78, 5) is 14.9. The summed E-state index contributed by atoms with van der Waals surface area (Å²) in [6.45, 7) is 3.77. The Labute approximate surface area is 121 Å². The van der Waals surface area contributed by atoms with Crippen LogP contribution in [0.5, 0.6) is 0 Å². The van der Waals surface area contributed by atoms with Gasteiger partial charge in [0.25, 0.3) is 0 Å². The molecule has 1 heterocycles. The zero-order valence-corrected chi connectivity index (χ0v) is 13.0. The first-order valence-electron chi connectivity index (χ1n) is 6.39. The third kappa shape index (κ3) is 3.75. The number of halogens is 1. The van der Waals surface area contributed by atoms with Crippen LogP contribution in [0.3, 0.4) is 0 Å². The summed E-state index contributed by atoms with van der Waals surface area (Å²) in [7, 11) is 0. The molecule has 1 aromatic carbocycles. The van der Waals surface area contributed by atoms with Crippen molar-refractivity contribution < 1.29 is 4.79 Å². The van der Waals surface area contributed by atoms with Gasteiger partial charge >= 0.3 is 0 Å². The van der Waals surface area contributed by atoms with E-state index in [1.165, 1.54) is 4.90 Å². The van der Waals surface area contributed by atoms with Crippen molar-refractivity contribution in [2.24, 2.45) is 0 Å². The van der Waals surface area contributed by atoms with Crippen LogP contribution in [0.1, 0.15) is 26.2 Å². The molecule has 98 valence electrons. The molecule has 0 saturated carbocycles. The highest BCUT2D eigenvalue weighted by Gasteiger charge is 2.22. The van der Waals surface area contributed by atoms with E-state index in [4.69, 9.17) is 0 Å². The summed E-state index contributed by atoms with van der Waals surface area (Å²) in [5, 5.41) is 0.645. The van der Waals surface area contributed by atoms with E-state index in [0.717, 1.165) is 30.4 Å². The predicted octanol–water partition coefficient (Wildman–Crippen LogP) is 3.94. The molecule has 18 heavy (non-hydrogen) atoms. The van der Waals surface area contributed by atoms with Gasteiger partial charge in [0.05, 0.1) is 0 Å². The Balaban J connectivity index is 1.83. The molecule has 1 aromatic rings. The molecule has 2 rings (SSSR count).